The molecule has 122 valence electrons. The molecule has 3 aliphatic rings. The van der Waals surface area contributed by atoms with Crippen LogP contribution in [0.5, 0.6) is 0 Å². The Kier molecular flexibility index (Phi) is 5.65. The third-order valence-electron chi connectivity index (χ3n) is 7.14. The number of nitrogens with one attached hydrogen (secondary N) is 1. The molecule has 1 N–H and O–H groups in total. The number of fused-ring (bicyclic) bond motifs is 2. The van der Waals surface area contributed by atoms with Crippen molar-refractivity contribution in [2.45, 2.75) is 90.5 Å². The van der Waals surface area contributed by atoms with Gasteiger partial charge in [-0.2, -0.15) is 0 Å². The van der Waals surface area contributed by atoms with Crippen LogP contribution in [-0.4, -0.2) is 12.6 Å². The predicted octanol–water partition coefficient (Wildman–Crippen LogP) is 5.40. The smallest absolute Gasteiger partial charge is 0.00980 e. The molecule has 21 heavy (non-hydrogen) atoms. The highest BCUT2D eigenvalue weighted by molar-refractivity contribution is 4.93. The van der Waals surface area contributed by atoms with E-state index in [4.69, 9.17) is 0 Å². The van der Waals surface area contributed by atoms with Crippen LogP contribution in [0.1, 0.15) is 84.5 Å². The average molecular weight is 292 g/mol. The second-order valence-electron chi connectivity index (χ2n) is 8.42. The molecule has 3 fully saturated rings. The molecule has 0 amide bonds. The first-order chi connectivity index (χ1) is 10.3. The minimum Gasteiger partial charge on any atom is -0.314 e. The van der Waals surface area contributed by atoms with Crippen molar-refractivity contribution in [3.63, 3.8) is 0 Å². The standard InChI is InChI=1S/C20H37N/c1-3-11-21-20(17-8-5-15(4-2)6-9-17)14-19-13-16-7-10-18(19)12-16/h15-21H,3-14H2,1-2H3. The SMILES string of the molecule is CCCNC(CC1CC2CCC1C2)C1CCC(CC)CC1. The molecule has 0 aromatic rings. The van der Waals surface area contributed by atoms with Gasteiger partial charge >= 0.3 is 0 Å². The van der Waals surface area contributed by atoms with Crippen molar-refractivity contribution in [1.29, 1.82) is 0 Å². The molecule has 0 aliphatic heterocycles. The highest BCUT2D eigenvalue weighted by Crippen LogP contribution is 2.50. The largest absolute Gasteiger partial charge is 0.314 e. The van der Waals surface area contributed by atoms with Crippen molar-refractivity contribution in [2.24, 2.45) is 29.6 Å². The summed E-state index contributed by atoms with van der Waals surface area (Å²) in [6.45, 7) is 5.93. The lowest BCUT2D eigenvalue weighted by Gasteiger charge is -2.37. The molecule has 0 radical (unpaired) electrons. The Morgan fingerprint density at radius 1 is 0.952 bits per heavy atom. The Hall–Kier alpha value is -0.0400. The highest BCUT2D eigenvalue weighted by Gasteiger charge is 2.41. The van der Waals surface area contributed by atoms with Crippen molar-refractivity contribution < 1.29 is 0 Å². The van der Waals surface area contributed by atoms with E-state index in [0.29, 0.717) is 0 Å². The van der Waals surface area contributed by atoms with Gasteiger partial charge in [0.1, 0.15) is 0 Å². The molecule has 3 aliphatic carbocycles. The molecule has 3 rings (SSSR count). The molecule has 2 bridgehead atoms. The van der Waals surface area contributed by atoms with Gasteiger partial charge in [-0.3, -0.25) is 0 Å². The van der Waals surface area contributed by atoms with Gasteiger partial charge in [-0.25, -0.2) is 0 Å². The molecule has 0 aromatic carbocycles. The topological polar surface area (TPSA) is 12.0 Å². The number of hydrogen-bond acceptors (Lipinski definition) is 1. The number of hydrogen-bond donors (Lipinski definition) is 1. The summed E-state index contributed by atoms with van der Waals surface area (Å²) < 4.78 is 0. The van der Waals surface area contributed by atoms with Gasteiger partial charge in [0.15, 0.2) is 0 Å². The lowest BCUT2D eigenvalue weighted by Crippen LogP contribution is -2.40. The van der Waals surface area contributed by atoms with Crippen LogP contribution in [0.4, 0.5) is 0 Å². The summed E-state index contributed by atoms with van der Waals surface area (Å²) in [5, 5.41) is 3.96. The van der Waals surface area contributed by atoms with Crippen LogP contribution in [0.2, 0.25) is 0 Å². The normalized spacial score (nSPS) is 40.6. The Morgan fingerprint density at radius 3 is 2.33 bits per heavy atom. The summed E-state index contributed by atoms with van der Waals surface area (Å²) >= 11 is 0. The first-order valence-electron chi connectivity index (χ1n) is 10.0. The van der Waals surface area contributed by atoms with Crippen LogP contribution in [0.15, 0.2) is 0 Å². The predicted molar refractivity (Wildman–Crippen MR) is 91.4 cm³/mol. The molecule has 1 heteroatoms. The zero-order valence-corrected chi connectivity index (χ0v) is 14.4. The van der Waals surface area contributed by atoms with Crippen LogP contribution >= 0.6 is 0 Å². The molecule has 0 aromatic heterocycles. The summed E-state index contributed by atoms with van der Waals surface area (Å²) in [7, 11) is 0. The van der Waals surface area contributed by atoms with Gasteiger partial charge in [-0.05, 0) is 81.1 Å². The zero-order chi connectivity index (χ0) is 14.7. The van der Waals surface area contributed by atoms with Gasteiger partial charge in [-0.15, -0.1) is 0 Å². The second-order valence-corrected chi connectivity index (χ2v) is 8.42. The zero-order valence-electron chi connectivity index (χ0n) is 14.4. The van der Waals surface area contributed by atoms with Gasteiger partial charge < -0.3 is 5.32 Å². The van der Waals surface area contributed by atoms with Gasteiger partial charge in [0.2, 0.25) is 0 Å². The van der Waals surface area contributed by atoms with E-state index in [9.17, 15) is 0 Å². The lowest BCUT2D eigenvalue weighted by molar-refractivity contribution is 0.178. The number of rotatable bonds is 7. The highest BCUT2D eigenvalue weighted by atomic mass is 14.9. The molecular formula is C20H37N. The molecular weight excluding hydrogens is 254 g/mol. The van der Waals surface area contributed by atoms with Gasteiger partial charge in [0.05, 0.1) is 0 Å². The van der Waals surface area contributed by atoms with Crippen molar-refractivity contribution in [2.75, 3.05) is 6.54 Å². The summed E-state index contributed by atoms with van der Waals surface area (Å²) in [6, 6.07) is 0.840. The van der Waals surface area contributed by atoms with E-state index in [0.717, 1.165) is 35.6 Å². The maximum absolute atomic E-state index is 3.96. The monoisotopic (exact) mass is 291 g/mol. The Morgan fingerprint density at radius 2 is 1.76 bits per heavy atom. The third kappa shape index (κ3) is 3.84. The Bertz CT molecular complexity index is 305. The first-order valence-corrected chi connectivity index (χ1v) is 10.0. The maximum atomic E-state index is 3.96. The van der Waals surface area contributed by atoms with E-state index in [1.54, 1.807) is 25.7 Å². The van der Waals surface area contributed by atoms with E-state index in [-0.39, 0.29) is 0 Å². The van der Waals surface area contributed by atoms with Crippen LogP contribution in [0.3, 0.4) is 0 Å². The second kappa shape index (κ2) is 7.49. The Balaban J connectivity index is 1.53. The molecule has 0 spiro atoms. The molecule has 4 unspecified atom stereocenters. The summed E-state index contributed by atoms with van der Waals surface area (Å²) in [4.78, 5) is 0. The van der Waals surface area contributed by atoms with Crippen LogP contribution in [0.25, 0.3) is 0 Å². The molecule has 1 nitrogen and oxygen atoms in total. The van der Waals surface area contributed by atoms with Crippen molar-refractivity contribution >= 4 is 0 Å². The first kappa shape index (κ1) is 15.8. The fourth-order valence-corrected chi connectivity index (χ4v) is 5.76. The van der Waals surface area contributed by atoms with Crippen LogP contribution in [0, 0.1) is 29.6 Å². The van der Waals surface area contributed by atoms with E-state index in [1.165, 1.54) is 51.5 Å². The summed E-state index contributed by atoms with van der Waals surface area (Å²) in [6.07, 6.45) is 16.5. The van der Waals surface area contributed by atoms with Gasteiger partial charge in [0.25, 0.3) is 0 Å². The van der Waals surface area contributed by atoms with Crippen LogP contribution in [-0.2, 0) is 0 Å². The third-order valence-corrected chi connectivity index (χ3v) is 7.14. The van der Waals surface area contributed by atoms with E-state index >= 15 is 0 Å². The molecule has 0 saturated heterocycles. The van der Waals surface area contributed by atoms with Crippen LogP contribution < -0.4 is 5.32 Å². The maximum Gasteiger partial charge on any atom is 0.00980 e. The minimum absolute atomic E-state index is 0.840. The Labute approximate surface area is 132 Å². The van der Waals surface area contributed by atoms with Gasteiger partial charge in [0, 0.05) is 6.04 Å². The van der Waals surface area contributed by atoms with E-state index in [1.807, 2.05) is 0 Å². The average Bonchev–Trinajstić information content (AvgIpc) is 3.14. The lowest BCUT2D eigenvalue weighted by atomic mass is 9.74. The van der Waals surface area contributed by atoms with Crippen molar-refractivity contribution in [3.8, 4) is 0 Å². The van der Waals surface area contributed by atoms with Gasteiger partial charge in [-0.1, -0.05) is 39.5 Å². The minimum atomic E-state index is 0.840. The molecule has 3 saturated carbocycles. The summed E-state index contributed by atoms with van der Waals surface area (Å²) in [5.74, 6) is 5.31. The van der Waals surface area contributed by atoms with Crippen molar-refractivity contribution in [3.05, 3.63) is 0 Å². The van der Waals surface area contributed by atoms with E-state index < -0.39 is 0 Å². The fourth-order valence-electron chi connectivity index (χ4n) is 5.76. The molecule has 4 atom stereocenters. The quantitative estimate of drug-likeness (QED) is 0.662. The fraction of sp³-hybridized carbons (Fsp3) is 1.00. The molecule has 0 heterocycles. The van der Waals surface area contributed by atoms with Crippen molar-refractivity contribution in [1.82, 2.24) is 5.32 Å². The summed E-state index contributed by atoms with van der Waals surface area (Å²) in [5.41, 5.74) is 0. The van der Waals surface area contributed by atoms with E-state index in [2.05, 4.69) is 19.2 Å².